The van der Waals surface area contributed by atoms with Crippen LogP contribution >= 0.6 is 0 Å². The number of hydrogen-bond donors (Lipinski definition) is 1. The Kier molecular flexibility index (Phi) is 7.42. The van der Waals surface area contributed by atoms with E-state index < -0.39 is 0 Å². The van der Waals surface area contributed by atoms with Crippen LogP contribution in [0.1, 0.15) is 26.7 Å². The summed E-state index contributed by atoms with van der Waals surface area (Å²) in [6.45, 7) is 11.1. The standard InChI is InChI=1S/C17H29N3O3/c1-3-5-20(6-4-2)15-13-16(21)18-17(14-15)23-12-9-19-7-10-22-11-8-19/h13-14H,3-12H2,1-2H3,(H,18,21). The fraction of sp³-hybridized carbons (Fsp3) is 0.706. The summed E-state index contributed by atoms with van der Waals surface area (Å²) < 4.78 is 11.1. The topological polar surface area (TPSA) is 57.8 Å². The van der Waals surface area contributed by atoms with Crippen LogP contribution in [0.3, 0.4) is 0 Å². The number of aromatic nitrogens is 1. The maximum absolute atomic E-state index is 11.9. The number of hydrogen-bond acceptors (Lipinski definition) is 5. The average Bonchev–Trinajstić information content (AvgIpc) is 2.55. The number of aromatic amines is 1. The molecule has 1 fully saturated rings. The highest BCUT2D eigenvalue weighted by molar-refractivity contribution is 5.48. The first-order chi connectivity index (χ1) is 11.2. The number of nitrogens with zero attached hydrogens (tertiary/aromatic N) is 2. The Labute approximate surface area is 138 Å². The average molecular weight is 323 g/mol. The van der Waals surface area contributed by atoms with Gasteiger partial charge in [0.1, 0.15) is 6.61 Å². The van der Waals surface area contributed by atoms with Crippen LogP contribution in [0.2, 0.25) is 0 Å². The van der Waals surface area contributed by atoms with E-state index in [1.807, 2.05) is 6.07 Å². The van der Waals surface area contributed by atoms with Crippen molar-refractivity contribution < 1.29 is 9.47 Å². The van der Waals surface area contributed by atoms with Gasteiger partial charge in [-0.15, -0.1) is 0 Å². The molecule has 1 aliphatic heterocycles. The van der Waals surface area contributed by atoms with E-state index in [1.54, 1.807) is 6.07 Å². The molecular formula is C17H29N3O3. The Morgan fingerprint density at radius 1 is 1.22 bits per heavy atom. The lowest BCUT2D eigenvalue weighted by molar-refractivity contribution is 0.0320. The van der Waals surface area contributed by atoms with Crippen molar-refractivity contribution in [2.45, 2.75) is 26.7 Å². The minimum atomic E-state index is -0.110. The van der Waals surface area contributed by atoms with Gasteiger partial charge in [0.2, 0.25) is 0 Å². The summed E-state index contributed by atoms with van der Waals surface area (Å²) in [6, 6.07) is 3.59. The predicted octanol–water partition coefficient (Wildman–Crippen LogP) is 1.71. The number of morpholine rings is 1. The number of pyridine rings is 1. The van der Waals surface area contributed by atoms with Crippen LogP contribution in [-0.4, -0.2) is 62.4 Å². The molecule has 23 heavy (non-hydrogen) atoms. The summed E-state index contributed by atoms with van der Waals surface area (Å²) in [6.07, 6.45) is 2.11. The van der Waals surface area contributed by atoms with E-state index in [0.717, 1.165) is 64.5 Å². The second-order valence-electron chi connectivity index (χ2n) is 5.86. The molecule has 0 aromatic carbocycles. The fourth-order valence-electron chi connectivity index (χ4n) is 2.78. The largest absolute Gasteiger partial charge is 0.477 e. The van der Waals surface area contributed by atoms with Crippen LogP contribution in [0, 0.1) is 0 Å². The maximum atomic E-state index is 11.9. The Bertz CT molecular complexity index is 506. The van der Waals surface area contributed by atoms with Crippen LogP contribution in [0.25, 0.3) is 0 Å². The Hall–Kier alpha value is -1.53. The molecule has 1 saturated heterocycles. The SMILES string of the molecule is CCCN(CCC)c1cc(OCCN2CCOCC2)[nH]c(=O)c1. The van der Waals surface area contributed by atoms with Gasteiger partial charge in [0.15, 0.2) is 5.88 Å². The van der Waals surface area contributed by atoms with Gasteiger partial charge in [0.25, 0.3) is 5.56 Å². The lowest BCUT2D eigenvalue weighted by atomic mass is 10.3. The first-order valence-electron chi connectivity index (χ1n) is 8.65. The molecule has 1 aliphatic rings. The number of ether oxygens (including phenoxy) is 2. The van der Waals surface area contributed by atoms with Crippen molar-refractivity contribution in [3.8, 4) is 5.88 Å². The van der Waals surface area contributed by atoms with Crippen LogP contribution < -0.4 is 15.2 Å². The van der Waals surface area contributed by atoms with E-state index in [1.165, 1.54) is 0 Å². The molecule has 0 aliphatic carbocycles. The van der Waals surface area contributed by atoms with Crippen molar-refractivity contribution in [2.24, 2.45) is 0 Å². The Morgan fingerprint density at radius 3 is 2.57 bits per heavy atom. The van der Waals surface area contributed by atoms with E-state index >= 15 is 0 Å². The molecule has 0 saturated carbocycles. The highest BCUT2D eigenvalue weighted by Gasteiger charge is 2.11. The van der Waals surface area contributed by atoms with Gasteiger partial charge < -0.3 is 14.4 Å². The molecule has 0 spiro atoms. The van der Waals surface area contributed by atoms with Gasteiger partial charge >= 0.3 is 0 Å². The van der Waals surface area contributed by atoms with Crippen molar-refractivity contribution in [1.82, 2.24) is 9.88 Å². The lowest BCUT2D eigenvalue weighted by Gasteiger charge is -2.26. The van der Waals surface area contributed by atoms with Gasteiger partial charge in [-0.25, -0.2) is 0 Å². The molecule has 1 N–H and O–H groups in total. The summed E-state index contributed by atoms with van der Waals surface area (Å²) in [5, 5.41) is 0. The molecule has 1 aromatic heterocycles. The third-order valence-electron chi connectivity index (χ3n) is 3.93. The molecule has 130 valence electrons. The molecule has 2 heterocycles. The molecule has 6 nitrogen and oxygen atoms in total. The molecule has 1 aromatic rings. The van der Waals surface area contributed by atoms with Crippen LogP contribution in [0.4, 0.5) is 5.69 Å². The maximum Gasteiger partial charge on any atom is 0.252 e. The second-order valence-corrected chi connectivity index (χ2v) is 5.86. The smallest absolute Gasteiger partial charge is 0.252 e. The van der Waals surface area contributed by atoms with E-state index in [0.29, 0.717) is 12.5 Å². The number of H-pyrrole nitrogens is 1. The van der Waals surface area contributed by atoms with Gasteiger partial charge in [-0.3, -0.25) is 14.7 Å². The van der Waals surface area contributed by atoms with Gasteiger partial charge in [-0.05, 0) is 12.8 Å². The highest BCUT2D eigenvalue weighted by atomic mass is 16.5. The molecule has 2 rings (SSSR count). The molecule has 0 amide bonds. The minimum Gasteiger partial charge on any atom is -0.477 e. The van der Waals surface area contributed by atoms with E-state index in [9.17, 15) is 4.79 Å². The van der Waals surface area contributed by atoms with E-state index in [4.69, 9.17) is 9.47 Å². The van der Waals surface area contributed by atoms with Crippen LogP contribution in [0.15, 0.2) is 16.9 Å². The summed E-state index contributed by atoms with van der Waals surface area (Å²) in [5.41, 5.74) is 0.833. The molecule has 6 heteroatoms. The summed E-state index contributed by atoms with van der Waals surface area (Å²) in [7, 11) is 0. The summed E-state index contributed by atoms with van der Waals surface area (Å²) >= 11 is 0. The van der Waals surface area contributed by atoms with E-state index in [-0.39, 0.29) is 5.56 Å². The first-order valence-corrected chi connectivity index (χ1v) is 8.65. The quantitative estimate of drug-likeness (QED) is 0.750. The number of nitrogens with one attached hydrogen (secondary N) is 1. The van der Waals surface area contributed by atoms with E-state index in [2.05, 4.69) is 28.6 Å². The molecule has 0 bridgehead atoms. The van der Waals surface area contributed by atoms with Crippen molar-refractivity contribution in [2.75, 3.05) is 57.4 Å². The molecule has 0 radical (unpaired) electrons. The number of rotatable bonds is 9. The third kappa shape index (κ3) is 5.88. The number of anilines is 1. The summed E-state index contributed by atoms with van der Waals surface area (Å²) in [4.78, 5) is 19.2. The molecule has 0 unspecified atom stereocenters. The van der Waals surface area contributed by atoms with Gasteiger partial charge in [-0.2, -0.15) is 0 Å². The van der Waals surface area contributed by atoms with Crippen molar-refractivity contribution in [3.63, 3.8) is 0 Å². The fourth-order valence-corrected chi connectivity index (χ4v) is 2.78. The van der Waals surface area contributed by atoms with Gasteiger partial charge in [0, 0.05) is 50.5 Å². The Balaban J connectivity index is 1.94. The zero-order valence-electron chi connectivity index (χ0n) is 14.3. The first kappa shape index (κ1) is 17.8. The third-order valence-corrected chi connectivity index (χ3v) is 3.93. The second kappa shape index (κ2) is 9.57. The lowest BCUT2D eigenvalue weighted by Crippen LogP contribution is -2.38. The monoisotopic (exact) mass is 323 g/mol. The molecule has 0 atom stereocenters. The predicted molar refractivity (Wildman–Crippen MR) is 92.6 cm³/mol. The van der Waals surface area contributed by atoms with Gasteiger partial charge in [-0.1, -0.05) is 13.8 Å². The Morgan fingerprint density at radius 2 is 1.91 bits per heavy atom. The zero-order valence-corrected chi connectivity index (χ0v) is 14.3. The van der Waals surface area contributed by atoms with Crippen LogP contribution in [-0.2, 0) is 4.74 Å². The van der Waals surface area contributed by atoms with Crippen molar-refractivity contribution in [3.05, 3.63) is 22.5 Å². The highest BCUT2D eigenvalue weighted by Crippen LogP contribution is 2.17. The summed E-state index contributed by atoms with van der Waals surface area (Å²) in [5.74, 6) is 0.554. The zero-order chi connectivity index (χ0) is 16.5. The van der Waals surface area contributed by atoms with Crippen molar-refractivity contribution in [1.29, 1.82) is 0 Å². The van der Waals surface area contributed by atoms with Crippen molar-refractivity contribution >= 4 is 5.69 Å². The minimum absolute atomic E-state index is 0.110. The van der Waals surface area contributed by atoms with Gasteiger partial charge in [0.05, 0.1) is 13.2 Å². The normalized spacial score (nSPS) is 15.6. The van der Waals surface area contributed by atoms with Crippen LogP contribution in [0.5, 0.6) is 5.88 Å². The molecular weight excluding hydrogens is 294 g/mol.